The van der Waals surface area contributed by atoms with Gasteiger partial charge >= 0.3 is 6.09 Å². The molecule has 36 heavy (non-hydrogen) atoms. The molecule has 3 heterocycles. The number of rotatable bonds is 4. The van der Waals surface area contributed by atoms with Gasteiger partial charge in [-0.15, -0.1) is 0 Å². The van der Waals surface area contributed by atoms with E-state index < -0.39 is 28.9 Å². The smallest absolute Gasteiger partial charge is 0.416 e. The number of carbonyl (C=O) groups is 1. The molecule has 1 amide bonds. The highest BCUT2D eigenvalue weighted by Gasteiger charge is 2.55. The van der Waals surface area contributed by atoms with Crippen molar-refractivity contribution in [2.75, 3.05) is 11.4 Å². The number of carbonyl (C=O) groups excluding carboxylic acids is 1. The van der Waals surface area contributed by atoms with Crippen molar-refractivity contribution >= 4 is 34.5 Å². The Morgan fingerprint density at radius 3 is 2.78 bits per heavy atom. The van der Waals surface area contributed by atoms with Crippen LogP contribution in [0.5, 0.6) is 0 Å². The van der Waals surface area contributed by atoms with Crippen molar-refractivity contribution in [1.82, 2.24) is 19.5 Å². The van der Waals surface area contributed by atoms with Crippen LogP contribution in [0.15, 0.2) is 30.9 Å². The summed E-state index contributed by atoms with van der Waals surface area (Å²) in [5.74, 6) is 0.313. The molecule has 3 aromatic rings. The average molecular weight is 513 g/mol. The summed E-state index contributed by atoms with van der Waals surface area (Å²) < 4.78 is 23.1. The number of imidazole rings is 1. The summed E-state index contributed by atoms with van der Waals surface area (Å²) in [5, 5.41) is 19.8. The normalized spacial score (nSPS) is 26.4. The van der Waals surface area contributed by atoms with Gasteiger partial charge in [0.15, 0.2) is 5.82 Å². The van der Waals surface area contributed by atoms with Crippen LogP contribution in [0, 0.1) is 16.7 Å². The molecule has 2 aliphatic rings. The van der Waals surface area contributed by atoms with E-state index in [9.17, 15) is 15.2 Å². The molecule has 1 N–H and O–H groups in total. The summed E-state index contributed by atoms with van der Waals surface area (Å²) in [6.45, 7) is 5.54. The first-order chi connectivity index (χ1) is 16.9. The molecule has 1 aliphatic heterocycles. The lowest BCUT2D eigenvalue weighted by Crippen LogP contribution is -2.50. The molecule has 1 saturated heterocycles. The molecule has 5 rings (SSSR count). The van der Waals surface area contributed by atoms with Gasteiger partial charge in [-0.2, -0.15) is 5.26 Å². The number of hydrogen-bond donors (Lipinski definition) is 1. The molecule has 11 heteroatoms. The molecule has 0 radical (unpaired) electrons. The molecule has 1 spiro atoms. The Hall–Kier alpha value is -3.29. The third-order valence-corrected chi connectivity index (χ3v) is 7.48. The monoisotopic (exact) mass is 512 g/mol. The first-order valence-electron chi connectivity index (χ1n) is 11.7. The highest BCUT2D eigenvalue weighted by molar-refractivity contribution is 6.35. The van der Waals surface area contributed by atoms with E-state index in [1.807, 2.05) is 11.5 Å². The first kappa shape index (κ1) is 24.4. The van der Waals surface area contributed by atoms with Crippen molar-refractivity contribution in [1.29, 1.82) is 5.26 Å². The van der Waals surface area contributed by atoms with E-state index in [2.05, 4.69) is 21.0 Å². The van der Waals surface area contributed by atoms with Crippen molar-refractivity contribution in [2.45, 2.75) is 64.0 Å². The number of alkyl halides is 1. The van der Waals surface area contributed by atoms with Gasteiger partial charge in [-0.3, -0.25) is 9.88 Å². The summed E-state index contributed by atoms with van der Waals surface area (Å²) in [7, 11) is 0. The summed E-state index contributed by atoms with van der Waals surface area (Å²) in [5.41, 5.74) is -0.925. The molecule has 1 aliphatic carbocycles. The minimum Gasteiger partial charge on any atom is -0.441 e. The van der Waals surface area contributed by atoms with Gasteiger partial charge in [-0.05, 0) is 45.2 Å². The van der Waals surface area contributed by atoms with Crippen LogP contribution in [-0.4, -0.2) is 49.0 Å². The number of benzene rings is 1. The highest BCUT2D eigenvalue weighted by Crippen LogP contribution is 2.49. The van der Waals surface area contributed by atoms with Crippen LogP contribution in [0.1, 0.15) is 51.3 Å². The van der Waals surface area contributed by atoms with Crippen LogP contribution in [0.4, 0.5) is 15.0 Å². The van der Waals surface area contributed by atoms with Gasteiger partial charge in [0, 0.05) is 12.0 Å². The number of anilines is 1. The number of nitriles is 1. The molecule has 9 nitrogen and oxygen atoms in total. The van der Waals surface area contributed by atoms with Crippen LogP contribution in [0.2, 0.25) is 5.02 Å². The molecule has 3 atom stereocenters. The Balaban J connectivity index is 1.41. The van der Waals surface area contributed by atoms with Gasteiger partial charge in [0.1, 0.15) is 22.9 Å². The Bertz CT molecular complexity index is 1380. The van der Waals surface area contributed by atoms with Crippen molar-refractivity contribution in [3.05, 3.63) is 47.1 Å². The highest BCUT2D eigenvalue weighted by atomic mass is 35.5. The van der Waals surface area contributed by atoms with Crippen molar-refractivity contribution < 1.29 is 19.0 Å². The van der Waals surface area contributed by atoms with Gasteiger partial charge in [-0.25, -0.2) is 19.2 Å². The number of aliphatic hydroxyl groups is 1. The van der Waals surface area contributed by atoms with Crippen molar-refractivity contribution in [3.63, 3.8) is 0 Å². The maximum atomic E-state index is 15.4. The van der Waals surface area contributed by atoms with Gasteiger partial charge in [-0.1, -0.05) is 18.5 Å². The molecule has 1 aromatic carbocycles. The lowest BCUT2D eigenvalue weighted by atomic mass is 9.67. The SMILES string of the molecule is CC(C)(O)c1cnc(N2C[C@]3(CC[C@H](F)[C@@](C)(Cn4cnc5c(Cl)cc(C#N)cc54)C3)OC2=O)cn1. The average Bonchev–Trinajstić information content (AvgIpc) is 3.36. The fourth-order valence-electron chi connectivity index (χ4n) is 5.33. The minimum atomic E-state index is -1.16. The van der Waals surface area contributed by atoms with Crippen LogP contribution >= 0.6 is 11.6 Å². The Morgan fingerprint density at radius 2 is 2.11 bits per heavy atom. The van der Waals surface area contributed by atoms with Gasteiger partial charge in [0.25, 0.3) is 0 Å². The second kappa shape index (κ2) is 8.39. The number of fused-ring (bicyclic) bond motifs is 1. The zero-order valence-corrected chi connectivity index (χ0v) is 21.0. The molecule has 1 saturated carbocycles. The molecular weight excluding hydrogens is 487 g/mol. The topological polar surface area (TPSA) is 117 Å². The lowest BCUT2D eigenvalue weighted by Gasteiger charge is -2.45. The Morgan fingerprint density at radius 1 is 1.33 bits per heavy atom. The van der Waals surface area contributed by atoms with Crippen LogP contribution in [-0.2, 0) is 16.9 Å². The van der Waals surface area contributed by atoms with E-state index in [1.54, 1.807) is 32.3 Å². The van der Waals surface area contributed by atoms with E-state index in [4.69, 9.17) is 16.3 Å². The Kier molecular flexibility index (Phi) is 5.69. The molecule has 188 valence electrons. The van der Waals surface area contributed by atoms with Gasteiger partial charge in [0.2, 0.25) is 0 Å². The quantitative estimate of drug-likeness (QED) is 0.546. The van der Waals surface area contributed by atoms with Crippen molar-refractivity contribution in [2.24, 2.45) is 5.41 Å². The van der Waals surface area contributed by atoms with E-state index in [-0.39, 0.29) is 19.5 Å². The summed E-state index contributed by atoms with van der Waals surface area (Å²) in [6.07, 6.45) is 3.69. The predicted molar refractivity (Wildman–Crippen MR) is 130 cm³/mol. The van der Waals surface area contributed by atoms with Gasteiger partial charge < -0.3 is 14.4 Å². The van der Waals surface area contributed by atoms with Crippen LogP contribution in [0.3, 0.4) is 0 Å². The second-order valence-electron chi connectivity index (χ2n) is 10.6. The fourth-order valence-corrected chi connectivity index (χ4v) is 5.59. The summed E-state index contributed by atoms with van der Waals surface area (Å²) >= 11 is 6.29. The zero-order valence-electron chi connectivity index (χ0n) is 20.2. The summed E-state index contributed by atoms with van der Waals surface area (Å²) in [6, 6.07) is 5.33. The molecule has 0 bridgehead atoms. The first-order valence-corrected chi connectivity index (χ1v) is 12.0. The molecule has 2 fully saturated rings. The van der Waals surface area contributed by atoms with E-state index >= 15 is 4.39 Å². The fraction of sp³-hybridized carbons (Fsp3) is 0.480. The van der Waals surface area contributed by atoms with E-state index in [0.29, 0.717) is 46.0 Å². The largest absolute Gasteiger partial charge is 0.441 e. The Labute approximate surface area is 212 Å². The molecule has 2 aromatic heterocycles. The minimum absolute atomic E-state index is 0.222. The van der Waals surface area contributed by atoms with E-state index in [1.165, 1.54) is 17.3 Å². The lowest BCUT2D eigenvalue weighted by molar-refractivity contribution is -0.0663. The third kappa shape index (κ3) is 4.16. The van der Waals surface area contributed by atoms with Crippen LogP contribution < -0.4 is 4.90 Å². The second-order valence-corrected chi connectivity index (χ2v) is 11.0. The number of amides is 1. The maximum absolute atomic E-state index is 15.4. The van der Waals surface area contributed by atoms with Crippen LogP contribution in [0.25, 0.3) is 11.0 Å². The predicted octanol–water partition coefficient (Wildman–Crippen LogP) is 4.50. The number of ether oxygens (including phenoxy) is 1. The number of aromatic nitrogens is 4. The maximum Gasteiger partial charge on any atom is 0.416 e. The molecular formula is C25H26ClFN6O3. The number of nitrogens with zero attached hydrogens (tertiary/aromatic N) is 6. The molecule has 0 unspecified atom stereocenters. The van der Waals surface area contributed by atoms with Gasteiger partial charge in [0.05, 0.1) is 53.1 Å². The van der Waals surface area contributed by atoms with E-state index in [0.717, 1.165) is 0 Å². The van der Waals surface area contributed by atoms with Crippen molar-refractivity contribution in [3.8, 4) is 6.07 Å². The number of halogens is 2. The third-order valence-electron chi connectivity index (χ3n) is 7.19. The standard InChI is InChI=1S/C25H26ClFN6O3/c1-23(2,35)19-9-30-20(10-29-19)33-13-25(36-22(33)34)5-4-18(27)24(3,11-25)12-32-14-31-21-16(26)6-15(8-28)7-17(21)32/h6-7,9-10,14,18,35H,4-5,11-13H2,1-3H3/t18-,24+,25+/m0/s1. The zero-order chi connectivity index (χ0) is 25.9. The number of hydrogen-bond acceptors (Lipinski definition) is 7. The summed E-state index contributed by atoms with van der Waals surface area (Å²) in [4.78, 5) is 27.2.